The Hall–Kier alpha value is -3.40. The molecule has 128 valence electrons. The van der Waals surface area contributed by atoms with Gasteiger partial charge < -0.3 is 24.9 Å². The summed E-state index contributed by atoms with van der Waals surface area (Å²) in [6, 6.07) is 8.44. The van der Waals surface area contributed by atoms with Crippen LogP contribution in [0.3, 0.4) is 0 Å². The van der Waals surface area contributed by atoms with E-state index in [1.54, 1.807) is 32.2 Å². The van der Waals surface area contributed by atoms with Gasteiger partial charge in [0.1, 0.15) is 17.4 Å². The Kier molecular flexibility index (Phi) is 3.89. The summed E-state index contributed by atoms with van der Waals surface area (Å²) in [4.78, 5) is 12.8. The Bertz CT molecular complexity index is 999. The number of hydrogen-bond donors (Lipinski definition) is 2. The summed E-state index contributed by atoms with van der Waals surface area (Å²) in [6.07, 6.45) is 0. The molecule has 0 aliphatic carbocycles. The van der Waals surface area contributed by atoms with Gasteiger partial charge in [-0.2, -0.15) is 5.26 Å². The van der Waals surface area contributed by atoms with Gasteiger partial charge in [0.25, 0.3) is 5.56 Å². The Morgan fingerprint density at radius 1 is 1.40 bits per heavy atom. The number of rotatable bonds is 2. The van der Waals surface area contributed by atoms with E-state index in [-0.39, 0.29) is 22.8 Å². The van der Waals surface area contributed by atoms with Crippen molar-refractivity contribution in [1.82, 2.24) is 4.57 Å². The smallest absolute Gasteiger partial charge is 0.258 e. The lowest BCUT2D eigenvalue weighted by molar-refractivity contribution is 0.372. The van der Waals surface area contributed by atoms with E-state index in [0.717, 1.165) is 0 Å². The van der Waals surface area contributed by atoms with Gasteiger partial charge in [-0.25, -0.2) is 0 Å². The van der Waals surface area contributed by atoms with Crippen LogP contribution in [0.1, 0.15) is 22.7 Å². The van der Waals surface area contributed by atoms with Crippen LogP contribution in [-0.2, 0) is 7.05 Å². The molecule has 1 aliphatic rings. The molecule has 0 bridgehead atoms. The van der Waals surface area contributed by atoms with Gasteiger partial charge in [0, 0.05) is 18.8 Å². The van der Waals surface area contributed by atoms with Crippen molar-refractivity contribution in [2.45, 2.75) is 12.8 Å². The second-order valence-electron chi connectivity index (χ2n) is 5.78. The van der Waals surface area contributed by atoms with Crippen LogP contribution in [-0.4, -0.2) is 16.8 Å². The number of aromatic nitrogens is 1. The highest BCUT2D eigenvalue weighted by Gasteiger charge is 2.34. The number of benzene rings is 1. The first kappa shape index (κ1) is 16.5. The number of phenolic OH excluding ortho intramolecular Hbond substituents is 1. The van der Waals surface area contributed by atoms with E-state index in [1.807, 2.05) is 6.07 Å². The molecule has 2 heterocycles. The summed E-state index contributed by atoms with van der Waals surface area (Å²) in [5.41, 5.74) is 7.30. The molecular weight excluding hydrogens is 322 g/mol. The third-order valence-corrected chi connectivity index (χ3v) is 4.39. The topological polar surface area (TPSA) is 110 Å². The summed E-state index contributed by atoms with van der Waals surface area (Å²) in [6.45, 7) is 1.78. The fraction of sp³-hybridized carbons (Fsp3) is 0.222. The van der Waals surface area contributed by atoms with Crippen LogP contribution in [0.15, 0.2) is 40.5 Å². The molecule has 0 unspecified atom stereocenters. The minimum atomic E-state index is -0.732. The van der Waals surface area contributed by atoms with Gasteiger partial charge >= 0.3 is 0 Å². The van der Waals surface area contributed by atoms with Gasteiger partial charge in [-0.1, -0.05) is 6.07 Å². The molecule has 0 spiro atoms. The molecule has 0 saturated heterocycles. The molecule has 0 fully saturated rings. The number of nitriles is 1. The zero-order chi connectivity index (χ0) is 18.3. The first-order chi connectivity index (χ1) is 11.9. The average molecular weight is 339 g/mol. The number of methoxy groups -OCH3 is 1. The number of aryl methyl sites for hydroxylation is 1. The third-order valence-electron chi connectivity index (χ3n) is 4.39. The number of pyridine rings is 1. The lowest BCUT2D eigenvalue weighted by atomic mass is 9.84. The number of phenols is 1. The number of nitrogens with zero attached hydrogens (tertiary/aromatic N) is 2. The van der Waals surface area contributed by atoms with Gasteiger partial charge in [-0.3, -0.25) is 4.79 Å². The van der Waals surface area contributed by atoms with Crippen molar-refractivity contribution in [3.05, 3.63) is 62.9 Å². The molecule has 3 N–H and O–H groups in total. The SMILES string of the molecule is COc1ccc([C@@H]2C(C#N)=C(N)Oc3cc(C)n(C)c(=O)c32)cc1O. The summed E-state index contributed by atoms with van der Waals surface area (Å²) >= 11 is 0. The second kappa shape index (κ2) is 5.91. The standard InChI is InChI=1S/C18H17N3O4/c1-9-6-14-16(18(23)21(9)2)15(11(8-19)17(20)25-14)10-4-5-13(24-3)12(22)7-10/h4-7,15,22H,20H2,1-3H3/t15-/m1/s1. The van der Waals surface area contributed by atoms with E-state index in [0.29, 0.717) is 28.3 Å². The summed E-state index contributed by atoms with van der Waals surface area (Å²) in [5.74, 6) is -0.263. The maximum Gasteiger partial charge on any atom is 0.258 e. The molecule has 1 aliphatic heterocycles. The van der Waals surface area contributed by atoms with Crippen molar-refractivity contribution in [3.8, 4) is 23.3 Å². The van der Waals surface area contributed by atoms with Crippen molar-refractivity contribution in [3.63, 3.8) is 0 Å². The number of nitrogens with two attached hydrogens (primary N) is 1. The normalized spacial score (nSPS) is 16.0. The number of ether oxygens (including phenoxy) is 2. The Morgan fingerprint density at radius 2 is 2.12 bits per heavy atom. The molecule has 0 radical (unpaired) electrons. The van der Waals surface area contributed by atoms with E-state index in [2.05, 4.69) is 0 Å². The first-order valence-electron chi connectivity index (χ1n) is 7.54. The number of allylic oxidation sites excluding steroid dienone is 1. The monoisotopic (exact) mass is 339 g/mol. The van der Waals surface area contributed by atoms with Gasteiger partial charge in [-0.15, -0.1) is 0 Å². The van der Waals surface area contributed by atoms with Crippen LogP contribution >= 0.6 is 0 Å². The minimum Gasteiger partial charge on any atom is -0.504 e. The van der Waals surface area contributed by atoms with Crippen molar-refractivity contribution in [2.24, 2.45) is 12.8 Å². The molecule has 1 aromatic carbocycles. The zero-order valence-electron chi connectivity index (χ0n) is 14.0. The second-order valence-corrected chi connectivity index (χ2v) is 5.78. The minimum absolute atomic E-state index is 0.0528. The van der Waals surface area contributed by atoms with Crippen molar-refractivity contribution < 1.29 is 14.6 Å². The Balaban J connectivity index is 2.32. The predicted molar refractivity (Wildman–Crippen MR) is 90.4 cm³/mol. The van der Waals surface area contributed by atoms with Gasteiger partial charge in [0.05, 0.1) is 18.6 Å². The lowest BCUT2D eigenvalue weighted by Crippen LogP contribution is -2.31. The molecule has 25 heavy (non-hydrogen) atoms. The van der Waals surface area contributed by atoms with E-state index >= 15 is 0 Å². The van der Waals surface area contributed by atoms with Crippen LogP contribution < -0.4 is 20.8 Å². The summed E-state index contributed by atoms with van der Waals surface area (Å²) in [7, 11) is 3.09. The van der Waals surface area contributed by atoms with Gasteiger partial charge in [-0.05, 0) is 24.6 Å². The summed E-state index contributed by atoms with van der Waals surface area (Å²) in [5, 5.41) is 19.6. The highest BCUT2D eigenvalue weighted by atomic mass is 16.5. The van der Waals surface area contributed by atoms with Crippen LogP contribution in [0.4, 0.5) is 0 Å². The van der Waals surface area contributed by atoms with Crippen LogP contribution in [0.5, 0.6) is 17.2 Å². The predicted octanol–water partition coefficient (Wildman–Crippen LogP) is 1.63. The van der Waals surface area contributed by atoms with Crippen LogP contribution in [0.2, 0.25) is 0 Å². The molecule has 2 aromatic rings. The van der Waals surface area contributed by atoms with Crippen molar-refractivity contribution in [1.29, 1.82) is 5.26 Å². The zero-order valence-corrected chi connectivity index (χ0v) is 14.0. The molecule has 0 amide bonds. The maximum atomic E-state index is 12.8. The first-order valence-corrected chi connectivity index (χ1v) is 7.54. The van der Waals surface area contributed by atoms with Crippen LogP contribution in [0, 0.1) is 18.3 Å². The molecule has 1 aromatic heterocycles. The van der Waals surface area contributed by atoms with E-state index in [1.165, 1.54) is 17.7 Å². The maximum absolute atomic E-state index is 12.8. The number of fused-ring (bicyclic) bond motifs is 1. The van der Waals surface area contributed by atoms with Crippen LogP contribution in [0.25, 0.3) is 0 Å². The number of aromatic hydroxyl groups is 1. The lowest BCUT2D eigenvalue weighted by Gasteiger charge is -2.27. The van der Waals surface area contributed by atoms with E-state index in [9.17, 15) is 15.2 Å². The number of hydrogen-bond acceptors (Lipinski definition) is 6. The van der Waals surface area contributed by atoms with E-state index in [4.69, 9.17) is 15.2 Å². The summed E-state index contributed by atoms with van der Waals surface area (Å²) < 4.78 is 12.0. The molecule has 7 heteroatoms. The Labute approximate surface area is 144 Å². The van der Waals surface area contributed by atoms with Crippen molar-refractivity contribution >= 4 is 0 Å². The third kappa shape index (κ3) is 2.48. The highest BCUT2D eigenvalue weighted by Crippen LogP contribution is 2.42. The molecule has 0 saturated carbocycles. The molecule has 1 atom stereocenters. The molecule has 3 rings (SSSR count). The average Bonchev–Trinajstić information content (AvgIpc) is 2.58. The molecule has 7 nitrogen and oxygen atoms in total. The fourth-order valence-corrected chi connectivity index (χ4v) is 2.96. The van der Waals surface area contributed by atoms with Gasteiger partial charge in [0.2, 0.25) is 5.88 Å². The quantitative estimate of drug-likeness (QED) is 0.860. The molecular formula is C18H17N3O4. The fourth-order valence-electron chi connectivity index (χ4n) is 2.96. The Morgan fingerprint density at radius 3 is 2.72 bits per heavy atom. The van der Waals surface area contributed by atoms with Crippen molar-refractivity contribution in [2.75, 3.05) is 7.11 Å². The van der Waals surface area contributed by atoms with Gasteiger partial charge in [0.15, 0.2) is 11.5 Å². The highest BCUT2D eigenvalue weighted by molar-refractivity contribution is 5.57. The van der Waals surface area contributed by atoms with E-state index < -0.39 is 5.92 Å². The largest absolute Gasteiger partial charge is 0.504 e.